The number of benzene rings is 2. The smallest absolute Gasteiger partial charge is 0.262 e. The maximum atomic E-state index is 12.8. The summed E-state index contributed by atoms with van der Waals surface area (Å²) in [4.78, 5) is 0.154. The second kappa shape index (κ2) is 7.97. The fourth-order valence-electron chi connectivity index (χ4n) is 2.40. The molecule has 0 atom stereocenters. The number of methoxy groups -OCH3 is 1. The van der Waals surface area contributed by atoms with Crippen molar-refractivity contribution < 1.29 is 17.9 Å². The number of anilines is 1. The molecule has 136 valence electrons. The molecule has 1 N–H and O–H groups in total. The molecule has 2 rings (SSSR count). The SMILES string of the molecule is CCOc1ccc(S(=O)(=O)Nc2cc(Cl)ccc2OC)cc1C(C)C. The van der Waals surface area contributed by atoms with Gasteiger partial charge in [0.25, 0.3) is 10.0 Å². The first-order valence-electron chi connectivity index (χ1n) is 7.91. The third kappa shape index (κ3) is 4.58. The molecule has 0 saturated carbocycles. The van der Waals surface area contributed by atoms with Gasteiger partial charge < -0.3 is 9.47 Å². The van der Waals surface area contributed by atoms with Crippen LogP contribution in [0.25, 0.3) is 0 Å². The Morgan fingerprint density at radius 3 is 2.40 bits per heavy atom. The van der Waals surface area contributed by atoms with Gasteiger partial charge in [-0.3, -0.25) is 4.72 Å². The van der Waals surface area contributed by atoms with Crippen LogP contribution in [0.1, 0.15) is 32.3 Å². The van der Waals surface area contributed by atoms with Crippen LogP contribution < -0.4 is 14.2 Å². The van der Waals surface area contributed by atoms with Gasteiger partial charge in [0.2, 0.25) is 0 Å². The van der Waals surface area contributed by atoms with Gasteiger partial charge in [-0.2, -0.15) is 0 Å². The Morgan fingerprint density at radius 2 is 1.80 bits per heavy atom. The van der Waals surface area contributed by atoms with E-state index in [2.05, 4.69) is 4.72 Å². The lowest BCUT2D eigenvalue weighted by Gasteiger charge is -2.16. The highest BCUT2D eigenvalue weighted by Gasteiger charge is 2.20. The Kier molecular flexibility index (Phi) is 6.19. The Labute approximate surface area is 154 Å². The number of nitrogens with one attached hydrogen (secondary N) is 1. The van der Waals surface area contributed by atoms with Gasteiger partial charge in [0.15, 0.2) is 0 Å². The number of hydrogen-bond donors (Lipinski definition) is 1. The molecule has 0 amide bonds. The molecular formula is C18H22ClNO4S. The number of halogens is 1. The molecule has 2 aromatic rings. The van der Waals surface area contributed by atoms with Crippen molar-refractivity contribution in [3.63, 3.8) is 0 Å². The van der Waals surface area contributed by atoms with Gasteiger partial charge in [-0.15, -0.1) is 0 Å². The van der Waals surface area contributed by atoms with Crippen LogP contribution in [0.5, 0.6) is 11.5 Å². The Balaban J connectivity index is 2.43. The van der Waals surface area contributed by atoms with Crippen molar-refractivity contribution in [2.45, 2.75) is 31.6 Å². The van der Waals surface area contributed by atoms with Gasteiger partial charge in [0.1, 0.15) is 11.5 Å². The van der Waals surface area contributed by atoms with E-state index in [4.69, 9.17) is 21.1 Å². The van der Waals surface area contributed by atoms with Crippen molar-refractivity contribution in [3.8, 4) is 11.5 Å². The molecule has 0 aliphatic rings. The molecule has 0 aliphatic carbocycles. The van der Waals surface area contributed by atoms with Crippen LogP contribution in [0.4, 0.5) is 5.69 Å². The van der Waals surface area contributed by atoms with Crippen LogP contribution >= 0.6 is 11.6 Å². The predicted molar refractivity (Wildman–Crippen MR) is 101 cm³/mol. The zero-order chi connectivity index (χ0) is 18.6. The van der Waals surface area contributed by atoms with Gasteiger partial charge >= 0.3 is 0 Å². The van der Waals surface area contributed by atoms with Gasteiger partial charge in [0, 0.05) is 5.02 Å². The molecule has 0 aliphatic heterocycles. The highest BCUT2D eigenvalue weighted by atomic mass is 35.5. The molecule has 0 unspecified atom stereocenters. The third-order valence-corrected chi connectivity index (χ3v) is 5.22. The van der Waals surface area contributed by atoms with Crippen molar-refractivity contribution in [1.82, 2.24) is 0 Å². The van der Waals surface area contributed by atoms with Gasteiger partial charge in [0.05, 0.1) is 24.3 Å². The van der Waals surface area contributed by atoms with E-state index < -0.39 is 10.0 Å². The first-order valence-corrected chi connectivity index (χ1v) is 9.77. The molecular weight excluding hydrogens is 362 g/mol. The van der Waals surface area contributed by atoms with Crippen molar-refractivity contribution in [2.24, 2.45) is 0 Å². The number of hydrogen-bond acceptors (Lipinski definition) is 4. The average Bonchev–Trinajstić information content (AvgIpc) is 2.55. The minimum absolute atomic E-state index is 0.123. The fraction of sp³-hybridized carbons (Fsp3) is 0.333. The quantitative estimate of drug-likeness (QED) is 0.754. The maximum absolute atomic E-state index is 12.8. The van der Waals surface area contributed by atoms with Crippen LogP contribution in [0, 0.1) is 0 Å². The van der Waals surface area contributed by atoms with Crippen LogP contribution in [0.15, 0.2) is 41.3 Å². The topological polar surface area (TPSA) is 64.6 Å². The second-order valence-electron chi connectivity index (χ2n) is 5.74. The summed E-state index contributed by atoms with van der Waals surface area (Å²) >= 11 is 5.96. The summed E-state index contributed by atoms with van der Waals surface area (Å²) in [5.74, 6) is 1.21. The van der Waals surface area contributed by atoms with Gasteiger partial charge in [-0.05, 0) is 54.8 Å². The van der Waals surface area contributed by atoms with E-state index in [0.717, 1.165) is 5.56 Å². The monoisotopic (exact) mass is 383 g/mol. The fourth-order valence-corrected chi connectivity index (χ4v) is 3.66. The molecule has 25 heavy (non-hydrogen) atoms. The Morgan fingerprint density at radius 1 is 1.12 bits per heavy atom. The second-order valence-corrected chi connectivity index (χ2v) is 7.86. The lowest BCUT2D eigenvalue weighted by molar-refractivity contribution is 0.335. The Hall–Kier alpha value is -1.92. The third-order valence-electron chi connectivity index (χ3n) is 3.62. The van der Waals surface area contributed by atoms with Crippen molar-refractivity contribution in [1.29, 1.82) is 0 Å². The minimum Gasteiger partial charge on any atom is -0.495 e. The van der Waals surface area contributed by atoms with Crippen LogP contribution in [-0.2, 0) is 10.0 Å². The van der Waals surface area contributed by atoms with Gasteiger partial charge in [-0.25, -0.2) is 8.42 Å². The van der Waals surface area contributed by atoms with E-state index in [1.165, 1.54) is 19.2 Å². The zero-order valence-corrected chi connectivity index (χ0v) is 16.2. The van der Waals surface area contributed by atoms with E-state index in [9.17, 15) is 8.42 Å². The molecule has 2 aromatic carbocycles. The lowest BCUT2D eigenvalue weighted by Crippen LogP contribution is -2.14. The summed E-state index contributed by atoms with van der Waals surface area (Å²) in [5, 5.41) is 0.410. The standard InChI is InChI=1S/C18H22ClNO4S/c1-5-24-17-9-7-14(11-15(17)12(2)3)25(21,22)20-16-10-13(19)6-8-18(16)23-4/h6-12,20H,5H2,1-4H3. The summed E-state index contributed by atoms with van der Waals surface area (Å²) in [7, 11) is -2.33. The highest BCUT2D eigenvalue weighted by Crippen LogP contribution is 2.32. The summed E-state index contributed by atoms with van der Waals surface area (Å²) in [6.45, 7) is 6.38. The van der Waals surface area contributed by atoms with E-state index in [1.54, 1.807) is 24.3 Å². The summed E-state index contributed by atoms with van der Waals surface area (Å²) in [6.07, 6.45) is 0. The molecule has 0 aromatic heterocycles. The number of ether oxygens (including phenoxy) is 2. The van der Waals surface area contributed by atoms with Crippen LogP contribution in [0.2, 0.25) is 5.02 Å². The summed E-state index contributed by atoms with van der Waals surface area (Å²) < 4.78 is 38.9. The molecule has 0 saturated heterocycles. The summed E-state index contributed by atoms with van der Waals surface area (Å²) in [5.41, 5.74) is 1.12. The number of rotatable bonds is 7. The largest absolute Gasteiger partial charge is 0.495 e. The van der Waals surface area contributed by atoms with E-state index >= 15 is 0 Å². The molecule has 0 fully saturated rings. The van der Waals surface area contributed by atoms with Crippen molar-refractivity contribution >= 4 is 27.3 Å². The van der Waals surface area contributed by atoms with E-state index in [1.807, 2.05) is 20.8 Å². The molecule has 0 spiro atoms. The molecule has 0 bridgehead atoms. The lowest BCUT2D eigenvalue weighted by atomic mass is 10.0. The van der Waals surface area contributed by atoms with Crippen LogP contribution in [-0.4, -0.2) is 22.1 Å². The first-order chi connectivity index (χ1) is 11.8. The maximum Gasteiger partial charge on any atom is 0.262 e. The first kappa shape index (κ1) is 19.4. The van der Waals surface area contributed by atoms with Gasteiger partial charge in [-0.1, -0.05) is 25.4 Å². The minimum atomic E-state index is -3.79. The molecule has 0 heterocycles. The number of sulfonamides is 1. The molecule has 5 nitrogen and oxygen atoms in total. The van der Waals surface area contributed by atoms with E-state index in [0.29, 0.717) is 23.1 Å². The zero-order valence-electron chi connectivity index (χ0n) is 14.7. The molecule has 0 radical (unpaired) electrons. The van der Waals surface area contributed by atoms with E-state index in [-0.39, 0.29) is 16.5 Å². The van der Waals surface area contributed by atoms with Crippen molar-refractivity contribution in [3.05, 3.63) is 47.0 Å². The highest BCUT2D eigenvalue weighted by molar-refractivity contribution is 7.92. The predicted octanol–water partition coefficient (Wildman–Crippen LogP) is 4.67. The average molecular weight is 384 g/mol. The van der Waals surface area contributed by atoms with Crippen molar-refractivity contribution in [2.75, 3.05) is 18.4 Å². The van der Waals surface area contributed by atoms with Crippen LogP contribution in [0.3, 0.4) is 0 Å². The summed E-state index contributed by atoms with van der Waals surface area (Å²) in [6, 6.07) is 9.59. The Bertz CT molecular complexity index is 850. The normalized spacial score (nSPS) is 11.4. The molecule has 7 heteroatoms.